The van der Waals surface area contributed by atoms with Crippen LogP contribution in [0.15, 0.2) is 157 Å². The number of nitrogens with zero attached hydrogens (tertiary/aromatic N) is 1. The molecule has 0 bridgehead atoms. The number of benzene rings is 5. The first-order valence-corrected chi connectivity index (χ1v) is 14.3. The normalized spacial score (nSPS) is 13.4. The fourth-order valence-corrected chi connectivity index (χ4v) is 9.78. The molecule has 1 amide bonds. The van der Waals surface area contributed by atoms with Crippen LogP contribution in [-0.4, -0.2) is 11.7 Å². The second-order valence-corrected chi connectivity index (χ2v) is 12.4. The zero-order valence-corrected chi connectivity index (χ0v) is 23.5. The quantitative estimate of drug-likeness (QED) is 0.226. The highest BCUT2D eigenvalue weighted by Gasteiger charge is 2.60. The van der Waals surface area contributed by atoms with Crippen molar-refractivity contribution in [2.75, 3.05) is 4.90 Å². The molecule has 5 aromatic rings. The van der Waals surface area contributed by atoms with Gasteiger partial charge in [-0.1, -0.05) is 103 Å². The summed E-state index contributed by atoms with van der Waals surface area (Å²) >= 11 is 0. The lowest BCUT2D eigenvalue weighted by Crippen LogP contribution is -3.00. The third kappa shape index (κ3) is 4.46. The van der Waals surface area contributed by atoms with Crippen LogP contribution in [-0.2, 0) is 9.59 Å². The number of amides is 1. The van der Waals surface area contributed by atoms with E-state index in [2.05, 4.69) is 36.4 Å². The number of hydrogen-bond donors (Lipinski definition) is 0. The van der Waals surface area contributed by atoms with Gasteiger partial charge in [0.15, 0.2) is 12.6 Å². The molecule has 190 valence electrons. The van der Waals surface area contributed by atoms with Crippen LogP contribution in [0.2, 0.25) is 0 Å². The largest absolute Gasteiger partial charge is 1.00 e. The van der Waals surface area contributed by atoms with Crippen LogP contribution in [0.3, 0.4) is 0 Å². The Labute approximate surface area is 239 Å². The summed E-state index contributed by atoms with van der Waals surface area (Å²) in [6.45, 7) is 0. The van der Waals surface area contributed by atoms with Crippen LogP contribution < -0.4 is 37.8 Å². The van der Waals surface area contributed by atoms with Crippen LogP contribution in [0.25, 0.3) is 5.70 Å². The van der Waals surface area contributed by atoms with Gasteiger partial charge in [0.1, 0.15) is 21.6 Å². The predicted molar refractivity (Wildman–Crippen MR) is 157 cm³/mol. The van der Waals surface area contributed by atoms with Crippen molar-refractivity contribution in [3.8, 4) is 0 Å². The average molecular weight is 590 g/mol. The maximum Gasteiger partial charge on any atom is 0.307 e. The molecule has 0 unspecified atom stereocenters. The van der Waals surface area contributed by atoms with Gasteiger partial charge in [-0.05, 0) is 48.5 Å². The van der Waals surface area contributed by atoms with Gasteiger partial charge in [0, 0.05) is 11.3 Å². The monoisotopic (exact) mass is 589 g/mol. The first-order chi connectivity index (χ1) is 18.7. The highest BCUT2D eigenvalue weighted by atomic mass is 79.9. The van der Waals surface area contributed by atoms with E-state index in [1.165, 1.54) is 0 Å². The van der Waals surface area contributed by atoms with Crippen LogP contribution in [0.5, 0.6) is 0 Å². The molecule has 39 heavy (non-hydrogen) atoms. The molecule has 0 spiro atoms. The first-order valence-electron chi connectivity index (χ1n) is 12.5. The van der Waals surface area contributed by atoms with Crippen molar-refractivity contribution in [2.24, 2.45) is 0 Å². The Balaban J connectivity index is 0.00000308. The number of para-hydroxylation sites is 1. The molecule has 0 aromatic heterocycles. The van der Waals surface area contributed by atoms with Crippen LogP contribution >= 0.6 is 7.26 Å². The molecule has 0 fully saturated rings. The van der Waals surface area contributed by atoms with Gasteiger partial charge in [0.05, 0.1) is 0 Å². The van der Waals surface area contributed by atoms with E-state index >= 15 is 0 Å². The first kappa shape index (κ1) is 26.5. The second-order valence-electron chi connectivity index (χ2n) is 9.05. The van der Waals surface area contributed by atoms with Crippen molar-refractivity contribution in [1.29, 1.82) is 0 Å². The van der Waals surface area contributed by atoms with Gasteiger partial charge in [-0.25, -0.2) is 0 Å². The van der Waals surface area contributed by atoms with Gasteiger partial charge < -0.3 is 17.0 Å². The molecule has 0 atom stereocenters. The number of anilines is 1. The Morgan fingerprint density at radius 1 is 0.462 bits per heavy atom. The molecule has 0 saturated heterocycles. The number of carbonyl (C=O) groups excluding carboxylic acids is 2. The number of halogens is 1. The molecule has 0 radical (unpaired) electrons. The SMILES string of the molecule is O=C1C(=O)N(c2ccccc2)C(c2ccccc2)=C1[P+](c1ccccc1)(c1ccccc1)c1ccccc1.[Br-]. The van der Waals surface area contributed by atoms with Gasteiger partial charge in [-0.15, -0.1) is 0 Å². The molecule has 1 aliphatic heterocycles. The van der Waals surface area contributed by atoms with Gasteiger partial charge in [0.25, 0.3) is 5.78 Å². The van der Waals surface area contributed by atoms with Gasteiger partial charge in [-0.3, -0.25) is 14.5 Å². The molecule has 0 aliphatic carbocycles. The van der Waals surface area contributed by atoms with E-state index in [4.69, 9.17) is 0 Å². The molecule has 1 aliphatic rings. The molecule has 5 heteroatoms. The molecular weight excluding hydrogens is 565 g/mol. The number of hydrogen-bond acceptors (Lipinski definition) is 2. The third-order valence-corrected chi connectivity index (χ3v) is 11.2. The molecule has 1 heterocycles. The molecule has 6 rings (SSSR count). The van der Waals surface area contributed by atoms with E-state index < -0.39 is 19.0 Å². The lowest BCUT2D eigenvalue weighted by Gasteiger charge is -2.28. The fraction of sp³-hybridized carbons (Fsp3) is 0. The Bertz CT molecular complexity index is 1530. The zero-order chi connectivity index (χ0) is 26.0. The number of ketones is 1. The maximum absolute atomic E-state index is 14.4. The third-order valence-electron chi connectivity index (χ3n) is 6.89. The van der Waals surface area contributed by atoms with Gasteiger partial charge >= 0.3 is 5.91 Å². The highest BCUT2D eigenvalue weighted by molar-refractivity contribution is 8.00. The summed E-state index contributed by atoms with van der Waals surface area (Å²) < 4.78 is 0. The highest BCUT2D eigenvalue weighted by Crippen LogP contribution is 2.66. The Kier molecular flexibility index (Phi) is 7.70. The summed E-state index contributed by atoms with van der Waals surface area (Å²) in [7, 11) is -2.81. The Morgan fingerprint density at radius 2 is 0.821 bits per heavy atom. The van der Waals surface area contributed by atoms with Crippen molar-refractivity contribution in [2.45, 2.75) is 0 Å². The topological polar surface area (TPSA) is 37.4 Å². The van der Waals surface area contributed by atoms with E-state index in [1.807, 2.05) is 115 Å². The van der Waals surface area contributed by atoms with Crippen molar-refractivity contribution < 1.29 is 26.6 Å². The minimum Gasteiger partial charge on any atom is -1.00 e. The molecule has 3 nitrogen and oxygen atoms in total. The fourth-order valence-electron chi connectivity index (χ4n) is 5.30. The van der Waals surface area contributed by atoms with E-state index in [1.54, 1.807) is 4.90 Å². The summed E-state index contributed by atoms with van der Waals surface area (Å²) in [5, 5.41) is 3.63. The van der Waals surface area contributed by atoms with E-state index in [0.29, 0.717) is 16.7 Å². The minimum atomic E-state index is -2.81. The number of rotatable bonds is 6. The average Bonchev–Trinajstić information content (AvgIpc) is 3.26. The molecule has 5 aromatic carbocycles. The molecular formula is C34H25BrNO2P. The lowest BCUT2D eigenvalue weighted by atomic mass is 10.1. The molecule has 0 saturated carbocycles. The van der Waals surface area contributed by atoms with Crippen LogP contribution in [0, 0.1) is 0 Å². The van der Waals surface area contributed by atoms with E-state index in [0.717, 1.165) is 21.5 Å². The van der Waals surface area contributed by atoms with Crippen LogP contribution in [0.4, 0.5) is 5.69 Å². The summed E-state index contributed by atoms with van der Waals surface area (Å²) in [6.07, 6.45) is 0. The Hall–Kier alpha value is -4.11. The summed E-state index contributed by atoms with van der Waals surface area (Å²) in [5.41, 5.74) is 2.15. The summed E-state index contributed by atoms with van der Waals surface area (Å²) in [4.78, 5) is 30.0. The minimum absolute atomic E-state index is 0. The van der Waals surface area contributed by atoms with Crippen molar-refractivity contribution in [1.82, 2.24) is 0 Å². The standard InChI is InChI=1S/C34H25NO2P.BrH/c36-32-33(31(26-16-6-1-7-17-26)35(34(32)37)27-18-8-2-9-19-27)38(28-20-10-3-11-21-28,29-22-12-4-13-23-29)30-24-14-5-15-25-30;/h1-25H;1H/q+1;/p-1. The number of Topliss-reactive ketones (excluding diaryl/α,β-unsaturated/α-hetero) is 1. The number of carbonyl (C=O) groups is 2. The van der Waals surface area contributed by atoms with Gasteiger partial charge in [-0.2, -0.15) is 0 Å². The van der Waals surface area contributed by atoms with Crippen molar-refractivity contribution >= 4 is 46.3 Å². The zero-order valence-electron chi connectivity index (χ0n) is 21.0. The predicted octanol–water partition coefficient (Wildman–Crippen LogP) is 2.97. The van der Waals surface area contributed by atoms with Crippen molar-refractivity contribution in [3.05, 3.63) is 163 Å². The summed E-state index contributed by atoms with van der Waals surface area (Å²) in [6, 6.07) is 49.8. The lowest BCUT2D eigenvalue weighted by molar-refractivity contribution is -0.132. The smallest absolute Gasteiger partial charge is 0.307 e. The van der Waals surface area contributed by atoms with Crippen molar-refractivity contribution in [3.63, 3.8) is 0 Å². The van der Waals surface area contributed by atoms with Crippen LogP contribution in [0.1, 0.15) is 5.56 Å². The van der Waals surface area contributed by atoms with E-state index in [-0.39, 0.29) is 17.0 Å². The second kappa shape index (κ2) is 11.3. The summed E-state index contributed by atoms with van der Waals surface area (Å²) in [5.74, 6) is -0.991. The maximum atomic E-state index is 14.4. The molecule has 0 N–H and O–H groups in total. The van der Waals surface area contributed by atoms with Gasteiger partial charge in [0.2, 0.25) is 0 Å². The van der Waals surface area contributed by atoms with E-state index in [9.17, 15) is 9.59 Å². The Morgan fingerprint density at radius 3 is 1.23 bits per heavy atom.